The molecule has 0 radical (unpaired) electrons. The van der Waals surface area contributed by atoms with Crippen LogP contribution in [0.3, 0.4) is 0 Å². The Kier molecular flexibility index (Phi) is 6.03. The Morgan fingerprint density at radius 3 is 2.58 bits per heavy atom. The first-order valence-corrected chi connectivity index (χ1v) is 11.1. The fourth-order valence-electron chi connectivity index (χ4n) is 3.78. The number of carbonyl (C=O) groups excluding carboxylic acids is 1. The van der Waals surface area contributed by atoms with E-state index >= 15 is 0 Å². The molecule has 182 valence electrons. The lowest BCUT2D eigenvalue weighted by Gasteiger charge is -2.09. The number of carbonyl (C=O) groups is 1. The van der Waals surface area contributed by atoms with Crippen molar-refractivity contribution in [2.24, 2.45) is 0 Å². The molecule has 0 atom stereocenters. The number of H-pyrrole nitrogens is 1. The second-order valence-corrected chi connectivity index (χ2v) is 8.14. The van der Waals surface area contributed by atoms with E-state index in [0.717, 1.165) is 11.3 Å². The average molecular weight is 487 g/mol. The maximum absolute atomic E-state index is 13.4. The number of halogens is 1. The van der Waals surface area contributed by atoms with Crippen LogP contribution in [-0.2, 0) is 11.2 Å². The van der Waals surface area contributed by atoms with Crippen LogP contribution < -0.4 is 15.6 Å². The maximum atomic E-state index is 13.4. The Bertz CT molecular complexity index is 1600. The molecule has 2 aromatic carbocycles. The van der Waals surface area contributed by atoms with Crippen LogP contribution in [0, 0.1) is 12.7 Å². The molecule has 0 spiro atoms. The minimum atomic E-state index is -0.423. The molecular weight excluding hydrogens is 465 g/mol. The van der Waals surface area contributed by atoms with Crippen molar-refractivity contribution in [2.45, 2.75) is 19.8 Å². The molecule has 0 fully saturated rings. The van der Waals surface area contributed by atoms with Crippen molar-refractivity contribution in [3.05, 3.63) is 88.2 Å². The summed E-state index contributed by atoms with van der Waals surface area (Å²) in [4.78, 5) is 32.7. The molecule has 0 unspecified atom stereocenters. The Labute approximate surface area is 204 Å². The van der Waals surface area contributed by atoms with E-state index in [4.69, 9.17) is 4.74 Å². The van der Waals surface area contributed by atoms with Crippen LogP contribution in [0.2, 0.25) is 0 Å². The summed E-state index contributed by atoms with van der Waals surface area (Å²) in [6, 6.07) is 14.9. The lowest BCUT2D eigenvalue weighted by molar-refractivity contribution is -0.116. The zero-order chi connectivity index (χ0) is 25.2. The number of rotatable bonds is 7. The van der Waals surface area contributed by atoms with Crippen molar-refractivity contribution >= 4 is 22.8 Å². The van der Waals surface area contributed by atoms with E-state index in [2.05, 4.69) is 25.5 Å². The fraction of sp³-hybridized carbons (Fsp3) is 0.160. The summed E-state index contributed by atoms with van der Waals surface area (Å²) >= 11 is 0. The number of nitrogens with one attached hydrogen (secondary N) is 2. The van der Waals surface area contributed by atoms with E-state index in [-0.39, 0.29) is 35.1 Å². The third-order valence-corrected chi connectivity index (χ3v) is 5.60. The maximum Gasteiger partial charge on any atom is 0.263 e. The summed E-state index contributed by atoms with van der Waals surface area (Å²) in [6.45, 7) is 1.77. The quantitative estimate of drug-likeness (QED) is 0.363. The summed E-state index contributed by atoms with van der Waals surface area (Å²) in [5.74, 6) is 0.618. The van der Waals surface area contributed by atoms with Gasteiger partial charge in [0.1, 0.15) is 22.8 Å². The van der Waals surface area contributed by atoms with Crippen molar-refractivity contribution in [1.82, 2.24) is 29.5 Å². The van der Waals surface area contributed by atoms with Gasteiger partial charge in [-0.1, -0.05) is 12.1 Å². The summed E-state index contributed by atoms with van der Waals surface area (Å²) in [7, 11) is 1.60. The average Bonchev–Trinajstić information content (AvgIpc) is 3.47. The summed E-state index contributed by atoms with van der Waals surface area (Å²) in [5.41, 5.74) is 2.01. The van der Waals surface area contributed by atoms with Crippen molar-refractivity contribution in [3.8, 4) is 17.4 Å². The molecule has 0 saturated carbocycles. The summed E-state index contributed by atoms with van der Waals surface area (Å²) < 4.78 is 21.3. The number of nitrogens with zero attached hydrogens (tertiary/aromatic N) is 5. The number of ether oxygens (including phenoxy) is 1. The Morgan fingerprint density at radius 2 is 1.86 bits per heavy atom. The molecule has 0 aliphatic carbocycles. The molecule has 11 heteroatoms. The van der Waals surface area contributed by atoms with Gasteiger partial charge in [0.25, 0.3) is 5.56 Å². The normalized spacial score (nSPS) is 11.1. The molecule has 0 aliphatic rings. The first-order valence-electron chi connectivity index (χ1n) is 11.1. The number of anilines is 1. The molecule has 1 amide bonds. The highest BCUT2D eigenvalue weighted by molar-refractivity contribution is 5.90. The van der Waals surface area contributed by atoms with Gasteiger partial charge < -0.3 is 10.1 Å². The number of methoxy groups -OCH3 is 1. The lowest BCUT2D eigenvalue weighted by atomic mass is 10.1. The first kappa shape index (κ1) is 23.0. The molecule has 5 rings (SSSR count). The predicted molar refractivity (Wildman–Crippen MR) is 131 cm³/mol. The Morgan fingerprint density at radius 1 is 1.11 bits per heavy atom. The van der Waals surface area contributed by atoms with Gasteiger partial charge in [-0.25, -0.2) is 9.07 Å². The second-order valence-electron chi connectivity index (χ2n) is 8.14. The molecule has 3 heterocycles. The van der Waals surface area contributed by atoms with Gasteiger partial charge in [0.2, 0.25) is 11.9 Å². The number of amides is 1. The fourth-order valence-corrected chi connectivity index (χ4v) is 3.78. The highest BCUT2D eigenvalue weighted by Crippen LogP contribution is 2.19. The van der Waals surface area contributed by atoms with Gasteiger partial charge in [-0.05, 0) is 55.3 Å². The SMILES string of the molecule is COc1ccc(CCC(=O)Nc2cc(C)nn2-c2nc3c(cnn3-c3ccc(F)cc3)c(=O)[nH]2)cc1. The number of hydrogen-bond acceptors (Lipinski definition) is 6. The second kappa shape index (κ2) is 9.45. The van der Waals surface area contributed by atoms with E-state index < -0.39 is 5.56 Å². The van der Waals surface area contributed by atoms with Crippen LogP contribution in [0.15, 0.2) is 65.6 Å². The Balaban J connectivity index is 1.42. The Hall–Kier alpha value is -4.80. The minimum Gasteiger partial charge on any atom is -0.497 e. The van der Waals surface area contributed by atoms with Crippen LogP contribution in [-0.4, -0.2) is 42.5 Å². The molecule has 0 saturated heterocycles. The lowest BCUT2D eigenvalue weighted by Crippen LogP contribution is -2.19. The van der Waals surface area contributed by atoms with Crippen molar-refractivity contribution < 1.29 is 13.9 Å². The number of hydrogen-bond donors (Lipinski definition) is 2. The third-order valence-electron chi connectivity index (χ3n) is 5.60. The topological polar surface area (TPSA) is 120 Å². The van der Waals surface area contributed by atoms with Crippen LogP contribution in [0.1, 0.15) is 17.7 Å². The molecule has 36 heavy (non-hydrogen) atoms. The minimum absolute atomic E-state index is 0.106. The van der Waals surface area contributed by atoms with Crippen molar-refractivity contribution in [2.75, 3.05) is 12.4 Å². The molecule has 5 aromatic rings. The number of aromatic nitrogens is 6. The van der Waals surface area contributed by atoms with Gasteiger partial charge in [0.15, 0.2) is 5.65 Å². The van der Waals surface area contributed by atoms with Crippen LogP contribution in [0.25, 0.3) is 22.7 Å². The number of aryl methyl sites for hydroxylation is 2. The monoisotopic (exact) mass is 487 g/mol. The van der Waals surface area contributed by atoms with Crippen LogP contribution in [0.5, 0.6) is 5.75 Å². The van der Waals surface area contributed by atoms with E-state index in [9.17, 15) is 14.0 Å². The van der Waals surface area contributed by atoms with Gasteiger partial charge in [-0.2, -0.15) is 19.9 Å². The van der Waals surface area contributed by atoms with Gasteiger partial charge >= 0.3 is 0 Å². The van der Waals surface area contributed by atoms with Gasteiger partial charge in [-0.3, -0.25) is 14.6 Å². The molecule has 10 nitrogen and oxygen atoms in total. The highest BCUT2D eigenvalue weighted by atomic mass is 19.1. The number of fused-ring (bicyclic) bond motifs is 1. The molecule has 2 N–H and O–H groups in total. The number of benzene rings is 2. The van der Waals surface area contributed by atoms with Crippen LogP contribution in [0.4, 0.5) is 10.2 Å². The predicted octanol–water partition coefficient (Wildman–Crippen LogP) is 3.32. The zero-order valence-corrected chi connectivity index (χ0v) is 19.5. The zero-order valence-electron chi connectivity index (χ0n) is 19.5. The third kappa shape index (κ3) is 4.58. The van der Waals surface area contributed by atoms with Crippen molar-refractivity contribution in [3.63, 3.8) is 0 Å². The van der Waals surface area contributed by atoms with Gasteiger partial charge in [-0.15, -0.1) is 0 Å². The molecule has 0 aliphatic heterocycles. The summed E-state index contributed by atoms with van der Waals surface area (Å²) in [6.07, 6.45) is 2.18. The summed E-state index contributed by atoms with van der Waals surface area (Å²) in [5, 5.41) is 11.7. The molecular formula is C25H22FN7O3. The molecule has 0 bridgehead atoms. The standard InChI is InChI=1S/C25H22FN7O3/c1-15-13-21(28-22(34)12-5-16-3-10-19(36-2)11-4-16)33(31-15)25-29-23-20(24(35)30-25)14-27-32(23)18-8-6-17(26)7-9-18/h3-4,6-11,13-14H,5,12H2,1-2H3,(H,28,34)(H,29,30,35). The van der Waals surface area contributed by atoms with Crippen molar-refractivity contribution in [1.29, 1.82) is 0 Å². The van der Waals surface area contributed by atoms with E-state index in [0.29, 0.717) is 23.6 Å². The number of aromatic amines is 1. The highest BCUT2D eigenvalue weighted by Gasteiger charge is 2.17. The van der Waals surface area contributed by atoms with E-state index in [1.807, 2.05) is 24.3 Å². The van der Waals surface area contributed by atoms with Crippen LogP contribution >= 0.6 is 0 Å². The molecule has 3 aromatic heterocycles. The van der Waals surface area contributed by atoms with E-state index in [1.165, 1.54) is 39.8 Å². The smallest absolute Gasteiger partial charge is 0.263 e. The van der Waals surface area contributed by atoms with Gasteiger partial charge in [0, 0.05) is 12.5 Å². The van der Waals surface area contributed by atoms with Gasteiger partial charge in [0.05, 0.1) is 24.7 Å². The largest absolute Gasteiger partial charge is 0.497 e. The first-order chi connectivity index (χ1) is 17.4. The van der Waals surface area contributed by atoms with E-state index in [1.54, 1.807) is 20.1 Å².